The molecule has 0 heterocycles. The van der Waals surface area contributed by atoms with Gasteiger partial charge >= 0.3 is 11.9 Å². The van der Waals surface area contributed by atoms with Crippen LogP contribution in [0.1, 0.15) is 6.42 Å². The summed E-state index contributed by atoms with van der Waals surface area (Å²) in [4.78, 5) is 19.6. The first-order chi connectivity index (χ1) is 8.68. The molecule has 0 aromatic carbocycles. The molecule has 0 spiro atoms. The third-order valence-corrected chi connectivity index (χ3v) is 1.87. The van der Waals surface area contributed by atoms with E-state index < -0.39 is 43.0 Å². The third-order valence-electron chi connectivity index (χ3n) is 1.87. The van der Waals surface area contributed by atoms with Crippen LogP contribution in [0.5, 0.6) is 0 Å². The van der Waals surface area contributed by atoms with Gasteiger partial charge in [0.2, 0.25) is 0 Å². The van der Waals surface area contributed by atoms with Crippen LogP contribution in [0.2, 0.25) is 0 Å². The summed E-state index contributed by atoms with van der Waals surface area (Å²) in [5.74, 6) is -2.56. The highest BCUT2D eigenvalue weighted by Crippen LogP contribution is 2.04. The maximum absolute atomic E-state index is 10.1. The van der Waals surface area contributed by atoms with Gasteiger partial charge in [-0.3, -0.25) is 4.79 Å². The first-order valence-electron chi connectivity index (χ1n) is 5.16. The largest absolute Gasteiger partial charge is 0.481 e. The molecule has 0 amide bonds. The van der Waals surface area contributed by atoms with Gasteiger partial charge in [0.1, 0.15) is 18.3 Å². The Morgan fingerprint density at radius 1 is 1.00 bits per heavy atom. The summed E-state index contributed by atoms with van der Waals surface area (Å²) in [6.45, 7) is -0.611. The molecule has 0 aromatic rings. The second kappa shape index (κ2) is 10.6. The molecule has 0 saturated carbocycles. The summed E-state index contributed by atoms with van der Waals surface area (Å²) in [6, 6.07) is 0. The number of hydrogen-bond acceptors (Lipinski definition) is 8. The molecule has 0 fully saturated rings. The number of aliphatic hydroxyl groups excluding tert-OH is 5. The molecule has 0 rings (SSSR count). The van der Waals surface area contributed by atoms with Crippen LogP contribution in [-0.4, -0.2) is 85.3 Å². The molecule has 4 atom stereocenters. The van der Waals surface area contributed by atoms with E-state index in [0.717, 1.165) is 0 Å². The summed E-state index contributed by atoms with van der Waals surface area (Å²) in [5.41, 5.74) is 4.85. The molecule has 0 aliphatic heterocycles. The quantitative estimate of drug-likeness (QED) is 0.227. The van der Waals surface area contributed by atoms with Crippen molar-refractivity contribution in [1.29, 1.82) is 0 Å². The van der Waals surface area contributed by atoms with Crippen LogP contribution in [0.3, 0.4) is 0 Å². The first kappa shape index (κ1) is 20.0. The predicted octanol–water partition coefficient (Wildman–Crippen LogP) is -4.07. The van der Waals surface area contributed by atoms with Crippen LogP contribution in [-0.2, 0) is 9.59 Å². The Morgan fingerprint density at radius 2 is 1.47 bits per heavy atom. The highest BCUT2D eigenvalue weighted by molar-refractivity contribution is 5.72. The SMILES string of the molecule is NCCC(=O)O.O=C(O)[C@H](O)[C@@H](O)[C@H](O)[C@H](O)CO. The van der Waals surface area contributed by atoms with Crippen molar-refractivity contribution < 1.29 is 45.3 Å². The Bertz CT molecular complexity index is 272. The highest BCUT2D eigenvalue weighted by Gasteiger charge is 2.33. The molecule has 0 aliphatic carbocycles. The van der Waals surface area contributed by atoms with Crippen LogP contribution in [0.25, 0.3) is 0 Å². The van der Waals surface area contributed by atoms with Crippen molar-refractivity contribution in [1.82, 2.24) is 0 Å². The van der Waals surface area contributed by atoms with Gasteiger partial charge in [-0.25, -0.2) is 4.79 Å². The minimum atomic E-state index is -2.20. The van der Waals surface area contributed by atoms with Gasteiger partial charge in [0.05, 0.1) is 13.0 Å². The maximum Gasteiger partial charge on any atom is 0.335 e. The maximum atomic E-state index is 10.1. The minimum Gasteiger partial charge on any atom is -0.481 e. The Kier molecular flexibility index (Phi) is 11.2. The van der Waals surface area contributed by atoms with Crippen molar-refractivity contribution >= 4 is 11.9 Å². The van der Waals surface area contributed by atoms with Gasteiger partial charge in [-0.2, -0.15) is 0 Å². The second-order valence-corrected chi connectivity index (χ2v) is 3.45. The molecule has 114 valence electrons. The summed E-state index contributed by atoms with van der Waals surface area (Å²) in [7, 11) is 0. The standard InChI is InChI=1S/C6H12O7.C3H7NO2/c7-1-2(8)3(9)4(10)5(11)6(12)13;4-2-1-3(5)6/h2-5,7-11H,1H2,(H,12,13);1-2,4H2,(H,5,6)/t2-,3-,4+,5-;/m1./s1. The van der Waals surface area contributed by atoms with Crippen LogP contribution in [0, 0.1) is 0 Å². The number of carboxylic acids is 2. The smallest absolute Gasteiger partial charge is 0.335 e. The fourth-order valence-electron chi connectivity index (χ4n) is 0.792. The van der Waals surface area contributed by atoms with E-state index in [1.807, 2.05) is 0 Å². The molecule has 19 heavy (non-hydrogen) atoms. The van der Waals surface area contributed by atoms with Crippen molar-refractivity contribution in [2.45, 2.75) is 30.8 Å². The van der Waals surface area contributed by atoms with E-state index in [0.29, 0.717) is 0 Å². The highest BCUT2D eigenvalue weighted by atomic mass is 16.4. The number of carbonyl (C=O) groups is 2. The lowest BCUT2D eigenvalue weighted by atomic mass is 10.0. The summed E-state index contributed by atoms with van der Waals surface area (Å²) in [6.07, 6.45) is -7.77. The fourth-order valence-corrected chi connectivity index (χ4v) is 0.792. The van der Waals surface area contributed by atoms with Crippen molar-refractivity contribution in [3.63, 3.8) is 0 Å². The summed E-state index contributed by atoms with van der Waals surface area (Å²) >= 11 is 0. The number of nitrogens with two attached hydrogens (primary N) is 1. The average Bonchev–Trinajstić information content (AvgIpc) is 2.35. The van der Waals surface area contributed by atoms with Gasteiger partial charge < -0.3 is 41.5 Å². The summed E-state index contributed by atoms with van der Waals surface area (Å²) < 4.78 is 0. The first-order valence-corrected chi connectivity index (χ1v) is 5.16. The van der Waals surface area contributed by atoms with E-state index in [1.54, 1.807) is 0 Å². The van der Waals surface area contributed by atoms with Crippen LogP contribution < -0.4 is 5.73 Å². The summed E-state index contributed by atoms with van der Waals surface area (Å²) in [5, 5.41) is 59.6. The van der Waals surface area contributed by atoms with E-state index in [9.17, 15) is 9.59 Å². The molecule has 10 nitrogen and oxygen atoms in total. The lowest BCUT2D eigenvalue weighted by Gasteiger charge is -2.23. The Labute approximate surface area is 108 Å². The van der Waals surface area contributed by atoms with Gasteiger partial charge in [-0.05, 0) is 0 Å². The Hall–Kier alpha value is -1.30. The predicted molar refractivity (Wildman–Crippen MR) is 60.1 cm³/mol. The van der Waals surface area contributed by atoms with Crippen molar-refractivity contribution in [2.24, 2.45) is 5.73 Å². The number of rotatable bonds is 7. The minimum absolute atomic E-state index is 0.0694. The lowest BCUT2D eigenvalue weighted by Crippen LogP contribution is -2.48. The molecular formula is C9H19NO9. The number of hydrogen-bond donors (Lipinski definition) is 8. The van der Waals surface area contributed by atoms with Gasteiger partial charge in [0, 0.05) is 6.54 Å². The molecule has 0 aromatic heterocycles. The number of carboxylic acid groups (broad SMARTS) is 2. The van der Waals surface area contributed by atoms with E-state index in [2.05, 4.69) is 0 Å². The van der Waals surface area contributed by atoms with Gasteiger partial charge in [0.15, 0.2) is 6.10 Å². The normalized spacial score (nSPS) is 16.5. The van der Waals surface area contributed by atoms with Crippen LogP contribution in [0.4, 0.5) is 0 Å². The fraction of sp³-hybridized carbons (Fsp3) is 0.778. The van der Waals surface area contributed by atoms with Crippen LogP contribution in [0.15, 0.2) is 0 Å². The Balaban J connectivity index is 0. The van der Waals surface area contributed by atoms with Gasteiger partial charge in [-0.1, -0.05) is 0 Å². The monoisotopic (exact) mass is 285 g/mol. The van der Waals surface area contributed by atoms with E-state index in [-0.39, 0.29) is 13.0 Å². The topological polar surface area (TPSA) is 202 Å². The lowest BCUT2D eigenvalue weighted by molar-refractivity contribution is -0.164. The number of aliphatic carboxylic acids is 2. The van der Waals surface area contributed by atoms with Crippen molar-refractivity contribution in [3.05, 3.63) is 0 Å². The molecule has 0 saturated heterocycles. The molecule has 10 heteroatoms. The molecular weight excluding hydrogens is 266 g/mol. The van der Waals surface area contributed by atoms with E-state index >= 15 is 0 Å². The molecule has 0 bridgehead atoms. The van der Waals surface area contributed by atoms with Gasteiger partial charge in [0.25, 0.3) is 0 Å². The molecule has 0 aliphatic rings. The molecule has 9 N–H and O–H groups in total. The molecule has 0 radical (unpaired) electrons. The zero-order chi connectivity index (χ0) is 15.6. The van der Waals surface area contributed by atoms with E-state index in [4.69, 9.17) is 41.5 Å². The van der Waals surface area contributed by atoms with Crippen molar-refractivity contribution in [3.8, 4) is 0 Å². The zero-order valence-corrected chi connectivity index (χ0v) is 9.96. The Morgan fingerprint density at radius 3 is 1.68 bits per heavy atom. The van der Waals surface area contributed by atoms with Crippen molar-refractivity contribution in [2.75, 3.05) is 13.2 Å². The average molecular weight is 285 g/mol. The number of aliphatic hydroxyl groups is 5. The second-order valence-electron chi connectivity index (χ2n) is 3.45. The molecule has 0 unspecified atom stereocenters. The van der Waals surface area contributed by atoms with E-state index in [1.165, 1.54) is 0 Å². The zero-order valence-electron chi connectivity index (χ0n) is 9.96. The van der Waals surface area contributed by atoms with Crippen LogP contribution >= 0.6 is 0 Å². The van der Waals surface area contributed by atoms with Gasteiger partial charge in [-0.15, -0.1) is 0 Å². The third kappa shape index (κ3) is 9.30.